The summed E-state index contributed by atoms with van der Waals surface area (Å²) in [7, 11) is 0. The first-order valence-electron chi connectivity index (χ1n) is 8.04. The van der Waals surface area contributed by atoms with Crippen LogP contribution in [0.1, 0.15) is 30.0 Å². The van der Waals surface area contributed by atoms with E-state index in [1.54, 1.807) is 17.9 Å². The van der Waals surface area contributed by atoms with Crippen LogP contribution in [-0.4, -0.2) is 48.7 Å². The number of esters is 1. The number of rotatable bonds is 3. The van der Waals surface area contributed by atoms with Gasteiger partial charge in [-0.2, -0.15) is 0 Å². The molecule has 2 heterocycles. The van der Waals surface area contributed by atoms with Gasteiger partial charge in [0.25, 0.3) is 5.91 Å². The number of hydrogen-bond acceptors (Lipinski definition) is 5. The molecule has 0 unspecified atom stereocenters. The molecule has 1 amide bonds. The zero-order chi connectivity index (χ0) is 17.3. The van der Waals surface area contributed by atoms with Crippen molar-refractivity contribution in [2.24, 2.45) is 0 Å². The molecule has 0 radical (unpaired) electrons. The van der Waals surface area contributed by atoms with Crippen LogP contribution in [0.15, 0.2) is 28.7 Å². The summed E-state index contributed by atoms with van der Waals surface area (Å²) in [6, 6.07) is 7.39. The van der Waals surface area contributed by atoms with Crippen LogP contribution < -0.4 is 0 Å². The summed E-state index contributed by atoms with van der Waals surface area (Å²) in [6.07, 6.45) is -0.0444. The molecule has 6 nitrogen and oxygen atoms in total. The molecule has 0 bridgehead atoms. The highest BCUT2D eigenvalue weighted by Crippen LogP contribution is 2.25. The Morgan fingerprint density at radius 1 is 1.21 bits per heavy atom. The molecule has 0 N–H and O–H groups in total. The highest BCUT2D eigenvalue weighted by molar-refractivity contribution is 5.96. The summed E-state index contributed by atoms with van der Waals surface area (Å²) in [5.41, 5.74) is 1.35. The van der Waals surface area contributed by atoms with Crippen molar-refractivity contribution >= 4 is 22.8 Å². The maximum atomic E-state index is 12.2. The molecule has 1 aromatic heterocycles. The van der Waals surface area contributed by atoms with Crippen LogP contribution in [0.2, 0.25) is 0 Å². The Balaban J connectivity index is 1.64. The van der Waals surface area contributed by atoms with Gasteiger partial charge in [0.05, 0.1) is 12.2 Å². The lowest BCUT2D eigenvalue weighted by atomic mass is 10.1. The number of carbonyl (C=O) groups is 2. The first-order valence-corrected chi connectivity index (χ1v) is 8.04. The van der Waals surface area contributed by atoms with Gasteiger partial charge in [0, 0.05) is 24.0 Å². The lowest BCUT2D eigenvalue weighted by molar-refractivity contribution is -0.146. The molecular formula is C18H21NO5. The fourth-order valence-corrected chi connectivity index (χ4v) is 3.03. The van der Waals surface area contributed by atoms with Crippen molar-refractivity contribution < 1.29 is 23.5 Å². The van der Waals surface area contributed by atoms with Gasteiger partial charge in [0.1, 0.15) is 5.58 Å². The summed E-state index contributed by atoms with van der Waals surface area (Å²) < 4.78 is 16.3. The van der Waals surface area contributed by atoms with Crippen LogP contribution in [0.3, 0.4) is 0 Å². The molecule has 0 aliphatic carbocycles. The van der Waals surface area contributed by atoms with Crippen molar-refractivity contribution in [1.82, 2.24) is 4.90 Å². The van der Waals surface area contributed by atoms with Crippen LogP contribution in [0.5, 0.6) is 0 Å². The number of para-hydroxylation sites is 1. The van der Waals surface area contributed by atoms with E-state index >= 15 is 0 Å². The monoisotopic (exact) mass is 331 g/mol. The van der Waals surface area contributed by atoms with Crippen LogP contribution in [0, 0.1) is 6.92 Å². The van der Waals surface area contributed by atoms with Gasteiger partial charge < -0.3 is 18.8 Å². The topological polar surface area (TPSA) is 69.0 Å². The smallest absolute Gasteiger partial charge is 0.375 e. The van der Waals surface area contributed by atoms with Crippen molar-refractivity contribution in [2.75, 3.05) is 19.7 Å². The maximum Gasteiger partial charge on any atom is 0.375 e. The molecule has 0 saturated carbocycles. The second-order valence-corrected chi connectivity index (χ2v) is 6.18. The molecule has 24 heavy (non-hydrogen) atoms. The number of nitrogens with zero attached hydrogens (tertiary/aromatic N) is 1. The Bertz CT molecular complexity index is 756. The van der Waals surface area contributed by atoms with E-state index in [0.29, 0.717) is 18.7 Å². The van der Waals surface area contributed by atoms with Gasteiger partial charge in [-0.05, 0) is 26.8 Å². The van der Waals surface area contributed by atoms with Gasteiger partial charge in [-0.3, -0.25) is 4.79 Å². The maximum absolute atomic E-state index is 12.2. The van der Waals surface area contributed by atoms with Crippen LogP contribution in [0.4, 0.5) is 0 Å². The van der Waals surface area contributed by atoms with Crippen LogP contribution in [-0.2, 0) is 14.3 Å². The molecule has 3 rings (SSSR count). The van der Waals surface area contributed by atoms with Crippen molar-refractivity contribution in [1.29, 1.82) is 0 Å². The van der Waals surface area contributed by atoms with Crippen molar-refractivity contribution in [2.45, 2.75) is 33.0 Å². The van der Waals surface area contributed by atoms with Crippen LogP contribution >= 0.6 is 0 Å². The Morgan fingerprint density at radius 2 is 1.88 bits per heavy atom. The van der Waals surface area contributed by atoms with E-state index in [1.165, 1.54) is 0 Å². The van der Waals surface area contributed by atoms with E-state index in [4.69, 9.17) is 13.9 Å². The van der Waals surface area contributed by atoms with Gasteiger partial charge in [0.2, 0.25) is 5.76 Å². The second-order valence-electron chi connectivity index (χ2n) is 6.18. The van der Waals surface area contributed by atoms with E-state index in [2.05, 4.69) is 0 Å². The fraction of sp³-hybridized carbons (Fsp3) is 0.444. The molecule has 1 aliphatic heterocycles. The largest absolute Gasteiger partial charge is 0.450 e. The summed E-state index contributed by atoms with van der Waals surface area (Å²) in [6.45, 7) is 6.35. The predicted molar refractivity (Wildman–Crippen MR) is 87.8 cm³/mol. The highest BCUT2D eigenvalue weighted by Gasteiger charge is 2.27. The average molecular weight is 331 g/mol. The Hall–Kier alpha value is -2.34. The number of fused-ring (bicyclic) bond motifs is 1. The number of aryl methyl sites for hydroxylation is 1. The molecule has 6 heteroatoms. The molecule has 0 spiro atoms. The first kappa shape index (κ1) is 16.5. The minimum atomic E-state index is -0.619. The van der Waals surface area contributed by atoms with Gasteiger partial charge in [-0.15, -0.1) is 0 Å². The lowest BCUT2D eigenvalue weighted by Crippen LogP contribution is -2.49. The lowest BCUT2D eigenvalue weighted by Gasteiger charge is -2.35. The van der Waals surface area contributed by atoms with Crippen LogP contribution in [0.25, 0.3) is 11.0 Å². The molecular weight excluding hydrogens is 310 g/mol. The molecule has 128 valence electrons. The Kier molecular flexibility index (Phi) is 4.57. The number of furan rings is 1. The van der Waals surface area contributed by atoms with Gasteiger partial charge in [-0.1, -0.05) is 18.2 Å². The molecule has 1 fully saturated rings. The van der Waals surface area contributed by atoms with E-state index in [0.717, 1.165) is 10.9 Å². The number of hydrogen-bond donors (Lipinski definition) is 0. The van der Waals surface area contributed by atoms with Gasteiger partial charge >= 0.3 is 5.97 Å². The van der Waals surface area contributed by atoms with E-state index in [-0.39, 0.29) is 30.5 Å². The summed E-state index contributed by atoms with van der Waals surface area (Å²) >= 11 is 0. The molecule has 1 aliphatic rings. The van der Waals surface area contributed by atoms with E-state index in [9.17, 15) is 9.59 Å². The third kappa shape index (κ3) is 3.28. The van der Waals surface area contributed by atoms with Crippen molar-refractivity contribution in [3.8, 4) is 0 Å². The summed E-state index contributed by atoms with van der Waals surface area (Å²) in [4.78, 5) is 26.1. The van der Waals surface area contributed by atoms with E-state index < -0.39 is 5.97 Å². The number of ether oxygens (including phenoxy) is 2. The third-order valence-electron chi connectivity index (χ3n) is 4.13. The number of amides is 1. The number of morpholine rings is 1. The minimum Gasteiger partial charge on any atom is -0.450 e. The van der Waals surface area contributed by atoms with Crippen molar-refractivity contribution in [3.63, 3.8) is 0 Å². The normalized spacial score (nSPS) is 21.0. The SMILES string of the molecule is Cc1c(C(=O)OCC(=O)N2C[C@H](C)O[C@@H](C)C2)oc2ccccc12. The molecule has 2 aromatic rings. The second kappa shape index (κ2) is 6.65. The molecule has 2 atom stereocenters. The zero-order valence-corrected chi connectivity index (χ0v) is 14.1. The quantitative estimate of drug-likeness (QED) is 0.809. The highest BCUT2D eigenvalue weighted by atomic mass is 16.5. The Morgan fingerprint density at radius 3 is 2.54 bits per heavy atom. The van der Waals surface area contributed by atoms with E-state index in [1.807, 2.05) is 32.0 Å². The molecule has 1 aromatic carbocycles. The number of carbonyl (C=O) groups excluding carboxylic acids is 2. The van der Waals surface area contributed by atoms with Crippen molar-refractivity contribution in [3.05, 3.63) is 35.6 Å². The summed E-state index contributed by atoms with van der Waals surface area (Å²) in [5, 5.41) is 0.867. The molecule has 1 saturated heterocycles. The predicted octanol–water partition coefficient (Wildman–Crippen LogP) is 2.53. The minimum absolute atomic E-state index is 0.0222. The fourth-order valence-electron chi connectivity index (χ4n) is 3.03. The average Bonchev–Trinajstić information content (AvgIpc) is 2.89. The standard InChI is InChI=1S/C18H21NO5/c1-11-8-19(9-12(2)23-11)16(20)10-22-18(21)17-13(3)14-6-4-5-7-15(14)24-17/h4-7,11-12H,8-10H2,1-3H3/t11-,12-/m0/s1. The van der Waals surface area contributed by atoms with Gasteiger partial charge in [0.15, 0.2) is 6.61 Å². The van der Waals surface area contributed by atoms with Gasteiger partial charge in [-0.25, -0.2) is 4.79 Å². The third-order valence-corrected chi connectivity index (χ3v) is 4.13. The number of benzene rings is 1. The zero-order valence-electron chi connectivity index (χ0n) is 14.1. The first-order chi connectivity index (χ1) is 11.5. The summed E-state index contributed by atoms with van der Waals surface area (Å²) in [5.74, 6) is -0.696. The Labute approximate surface area is 140 Å².